The zero-order valence-electron chi connectivity index (χ0n) is 13.7. The summed E-state index contributed by atoms with van der Waals surface area (Å²) in [5.41, 5.74) is 2.78. The molecule has 0 radical (unpaired) electrons. The molecule has 2 unspecified atom stereocenters. The highest BCUT2D eigenvalue weighted by molar-refractivity contribution is 5.24. The van der Waals surface area contributed by atoms with Crippen LogP contribution < -0.4 is 5.32 Å². The molecule has 0 saturated heterocycles. The second kappa shape index (κ2) is 7.26. The van der Waals surface area contributed by atoms with Crippen LogP contribution in [0.1, 0.15) is 70.0 Å². The summed E-state index contributed by atoms with van der Waals surface area (Å²) >= 11 is 0. The smallest absolute Gasteiger partial charge is 0.0294 e. The third-order valence-electron chi connectivity index (χ3n) is 4.98. The van der Waals surface area contributed by atoms with Gasteiger partial charge in [0.2, 0.25) is 0 Å². The van der Waals surface area contributed by atoms with Gasteiger partial charge in [0.25, 0.3) is 0 Å². The highest BCUT2D eigenvalue weighted by Gasteiger charge is 2.22. The van der Waals surface area contributed by atoms with Crippen molar-refractivity contribution in [2.45, 2.75) is 71.9 Å². The Morgan fingerprint density at radius 1 is 1.05 bits per heavy atom. The maximum Gasteiger partial charge on any atom is 0.0294 e. The summed E-state index contributed by atoms with van der Waals surface area (Å²) in [4.78, 5) is 0. The van der Waals surface area contributed by atoms with E-state index in [0.29, 0.717) is 12.1 Å². The molecule has 0 amide bonds. The van der Waals surface area contributed by atoms with E-state index in [1.807, 2.05) is 0 Å². The van der Waals surface area contributed by atoms with Gasteiger partial charge in [-0.05, 0) is 50.5 Å². The van der Waals surface area contributed by atoms with Gasteiger partial charge >= 0.3 is 0 Å². The van der Waals surface area contributed by atoms with Gasteiger partial charge in [0.1, 0.15) is 0 Å². The molecule has 1 N–H and O–H groups in total. The van der Waals surface area contributed by atoms with Crippen LogP contribution in [0.2, 0.25) is 0 Å². The summed E-state index contributed by atoms with van der Waals surface area (Å²) < 4.78 is 0. The Labute approximate surface area is 125 Å². The van der Waals surface area contributed by atoms with E-state index in [1.54, 1.807) is 0 Å². The summed E-state index contributed by atoms with van der Waals surface area (Å²) in [6.45, 7) is 9.25. The molecule has 1 aliphatic carbocycles. The monoisotopic (exact) mass is 273 g/mol. The van der Waals surface area contributed by atoms with Gasteiger partial charge in [0, 0.05) is 12.1 Å². The van der Waals surface area contributed by atoms with Gasteiger partial charge in [-0.3, -0.25) is 0 Å². The first-order chi connectivity index (χ1) is 9.56. The number of hydrogen-bond acceptors (Lipinski definition) is 1. The lowest BCUT2D eigenvalue weighted by Crippen LogP contribution is -2.31. The number of aryl methyl sites for hydroxylation is 1. The van der Waals surface area contributed by atoms with E-state index in [-0.39, 0.29) is 0 Å². The SMILES string of the molecule is Cc1cccc([C@H](C)NC2CCCC(C(C)C)CC2)c1. The standard InChI is InChI=1S/C19H31N/c1-14(2)17-8-6-10-19(12-11-17)20-16(4)18-9-5-7-15(3)13-18/h5,7,9,13-14,16-17,19-20H,6,8,10-12H2,1-4H3/t16-,17?,19?/m0/s1. The van der Waals surface area contributed by atoms with Crippen molar-refractivity contribution in [3.05, 3.63) is 35.4 Å². The minimum absolute atomic E-state index is 0.468. The van der Waals surface area contributed by atoms with Crippen LogP contribution in [0.15, 0.2) is 24.3 Å². The highest BCUT2D eigenvalue weighted by Crippen LogP contribution is 2.29. The molecule has 0 aromatic heterocycles. The molecule has 1 fully saturated rings. The van der Waals surface area contributed by atoms with Crippen molar-refractivity contribution in [3.63, 3.8) is 0 Å². The molecule has 0 bridgehead atoms. The third-order valence-corrected chi connectivity index (χ3v) is 4.98. The van der Waals surface area contributed by atoms with E-state index in [4.69, 9.17) is 0 Å². The minimum atomic E-state index is 0.468. The normalized spacial score (nSPS) is 25.4. The van der Waals surface area contributed by atoms with Crippen molar-refractivity contribution >= 4 is 0 Å². The van der Waals surface area contributed by atoms with Crippen LogP contribution in [-0.2, 0) is 0 Å². The molecule has 1 nitrogen and oxygen atoms in total. The van der Waals surface area contributed by atoms with Crippen LogP contribution in [0.5, 0.6) is 0 Å². The Morgan fingerprint density at radius 2 is 1.85 bits per heavy atom. The fraction of sp³-hybridized carbons (Fsp3) is 0.684. The summed E-state index contributed by atoms with van der Waals surface area (Å²) in [5, 5.41) is 3.86. The zero-order chi connectivity index (χ0) is 14.5. The molecule has 1 aromatic carbocycles. The van der Waals surface area contributed by atoms with E-state index in [2.05, 4.69) is 57.3 Å². The van der Waals surface area contributed by atoms with E-state index in [1.165, 1.54) is 43.2 Å². The lowest BCUT2D eigenvalue weighted by Gasteiger charge is -2.23. The number of rotatable bonds is 4. The van der Waals surface area contributed by atoms with Gasteiger partial charge in [0.05, 0.1) is 0 Å². The van der Waals surface area contributed by atoms with E-state index >= 15 is 0 Å². The third kappa shape index (κ3) is 4.34. The predicted octanol–water partition coefficient (Wildman–Crippen LogP) is 5.25. The van der Waals surface area contributed by atoms with E-state index in [9.17, 15) is 0 Å². The van der Waals surface area contributed by atoms with Crippen LogP contribution in [0.3, 0.4) is 0 Å². The first kappa shape index (κ1) is 15.6. The molecule has 1 aromatic rings. The molecule has 1 saturated carbocycles. The average molecular weight is 273 g/mol. The second-order valence-corrected chi connectivity index (χ2v) is 7.01. The molecule has 112 valence electrons. The van der Waals surface area contributed by atoms with Gasteiger partial charge in [-0.1, -0.05) is 56.5 Å². The van der Waals surface area contributed by atoms with Crippen LogP contribution in [0, 0.1) is 18.8 Å². The average Bonchev–Trinajstić information content (AvgIpc) is 2.64. The van der Waals surface area contributed by atoms with Gasteiger partial charge in [-0.2, -0.15) is 0 Å². The van der Waals surface area contributed by atoms with Gasteiger partial charge in [-0.25, -0.2) is 0 Å². The molecule has 1 aliphatic rings. The zero-order valence-corrected chi connectivity index (χ0v) is 13.7. The fourth-order valence-electron chi connectivity index (χ4n) is 3.55. The summed E-state index contributed by atoms with van der Waals surface area (Å²) in [6, 6.07) is 10.1. The van der Waals surface area contributed by atoms with Crippen LogP contribution in [0.25, 0.3) is 0 Å². The van der Waals surface area contributed by atoms with Crippen molar-refractivity contribution < 1.29 is 0 Å². The Hall–Kier alpha value is -0.820. The summed E-state index contributed by atoms with van der Waals surface area (Å²) in [6.07, 6.45) is 6.91. The Bertz CT molecular complexity index is 410. The first-order valence-electron chi connectivity index (χ1n) is 8.39. The molecule has 0 aliphatic heterocycles. The lowest BCUT2D eigenvalue weighted by molar-refractivity contribution is 0.335. The Balaban J connectivity index is 1.90. The van der Waals surface area contributed by atoms with E-state index < -0.39 is 0 Å². The number of hydrogen-bond donors (Lipinski definition) is 1. The number of benzene rings is 1. The maximum absolute atomic E-state index is 3.86. The molecule has 20 heavy (non-hydrogen) atoms. The molecular weight excluding hydrogens is 242 g/mol. The van der Waals surface area contributed by atoms with Crippen LogP contribution >= 0.6 is 0 Å². The highest BCUT2D eigenvalue weighted by atomic mass is 14.9. The van der Waals surface area contributed by atoms with Gasteiger partial charge in [0.15, 0.2) is 0 Å². The topological polar surface area (TPSA) is 12.0 Å². The quantitative estimate of drug-likeness (QED) is 0.739. The Kier molecular flexibility index (Phi) is 5.65. The summed E-state index contributed by atoms with van der Waals surface area (Å²) in [5.74, 6) is 1.79. The molecule has 3 atom stereocenters. The minimum Gasteiger partial charge on any atom is -0.307 e. The van der Waals surface area contributed by atoms with Gasteiger partial charge < -0.3 is 5.32 Å². The maximum atomic E-state index is 3.86. The van der Waals surface area contributed by atoms with Gasteiger partial charge in [-0.15, -0.1) is 0 Å². The van der Waals surface area contributed by atoms with Crippen LogP contribution in [-0.4, -0.2) is 6.04 Å². The molecule has 2 rings (SSSR count). The summed E-state index contributed by atoms with van der Waals surface area (Å²) in [7, 11) is 0. The second-order valence-electron chi connectivity index (χ2n) is 7.01. The lowest BCUT2D eigenvalue weighted by atomic mass is 9.89. The van der Waals surface area contributed by atoms with Crippen molar-refractivity contribution in [3.8, 4) is 0 Å². The number of nitrogens with one attached hydrogen (secondary N) is 1. The largest absolute Gasteiger partial charge is 0.307 e. The molecular formula is C19H31N. The molecule has 1 heteroatoms. The fourth-order valence-corrected chi connectivity index (χ4v) is 3.55. The van der Waals surface area contributed by atoms with Crippen molar-refractivity contribution in [2.75, 3.05) is 0 Å². The first-order valence-corrected chi connectivity index (χ1v) is 8.39. The van der Waals surface area contributed by atoms with Crippen molar-refractivity contribution in [1.29, 1.82) is 0 Å². The Morgan fingerprint density at radius 3 is 2.55 bits per heavy atom. The predicted molar refractivity (Wildman–Crippen MR) is 87.9 cm³/mol. The van der Waals surface area contributed by atoms with Crippen molar-refractivity contribution in [1.82, 2.24) is 5.32 Å². The van der Waals surface area contributed by atoms with Crippen LogP contribution in [0.4, 0.5) is 0 Å². The van der Waals surface area contributed by atoms with E-state index in [0.717, 1.165) is 11.8 Å². The molecule has 0 heterocycles. The molecule has 0 spiro atoms. The van der Waals surface area contributed by atoms with Crippen molar-refractivity contribution in [2.24, 2.45) is 11.8 Å².